The Morgan fingerprint density at radius 2 is 1.74 bits per heavy atom. The van der Waals surface area contributed by atoms with Gasteiger partial charge in [0, 0.05) is 31.1 Å². The molecule has 1 unspecified atom stereocenters. The Hall–Kier alpha value is -2.57. The lowest BCUT2D eigenvalue weighted by atomic mass is 9.94. The normalized spacial score (nSPS) is 15.5. The number of amides is 3. The molecule has 7 nitrogen and oxygen atoms in total. The van der Waals surface area contributed by atoms with Crippen LogP contribution in [0.25, 0.3) is 0 Å². The molecule has 1 fully saturated rings. The number of carbonyl (C=O) groups excluding carboxylic acids is 3. The SMILES string of the molecule is CCCCCNC(=O)C1CCN(C(=O)C(NC(=O)c2ccc(OC)cc2)C(C)C)CC1. The molecule has 172 valence electrons. The van der Waals surface area contributed by atoms with E-state index in [1.807, 2.05) is 13.8 Å². The number of hydrogen-bond donors (Lipinski definition) is 2. The predicted octanol–water partition coefficient (Wildman–Crippen LogP) is 2.99. The van der Waals surface area contributed by atoms with Crippen LogP contribution in [0, 0.1) is 11.8 Å². The summed E-state index contributed by atoms with van der Waals surface area (Å²) in [6.07, 6.45) is 4.56. The van der Waals surface area contributed by atoms with E-state index in [1.165, 1.54) is 0 Å². The largest absolute Gasteiger partial charge is 0.497 e. The van der Waals surface area contributed by atoms with Crippen LogP contribution < -0.4 is 15.4 Å². The molecule has 0 aliphatic carbocycles. The first-order valence-electron chi connectivity index (χ1n) is 11.4. The number of piperidine rings is 1. The number of unbranched alkanes of at least 4 members (excludes halogenated alkanes) is 2. The van der Waals surface area contributed by atoms with Crippen LogP contribution in [0.3, 0.4) is 0 Å². The van der Waals surface area contributed by atoms with Gasteiger partial charge in [-0.05, 0) is 49.4 Å². The Morgan fingerprint density at radius 1 is 1.10 bits per heavy atom. The molecule has 31 heavy (non-hydrogen) atoms. The lowest BCUT2D eigenvalue weighted by Gasteiger charge is -2.35. The lowest BCUT2D eigenvalue weighted by molar-refractivity contribution is -0.138. The van der Waals surface area contributed by atoms with Gasteiger partial charge in [0.05, 0.1) is 7.11 Å². The van der Waals surface area contributed by atoms with Crippen LogP contribution in [0.4, 0.5) is 0 Å². The third-order valence-corrected chi connectivity index (χ3v) is 5.83. The molecule has 2 N–H and O–H groups in total. The number of methoxy groups -OCH3 is 1. The fourth-order valence-electron chi connectivity index (χ4n) is 3.77. The van der Waals surface area contributed by atoms with Crippen molar-refractivity contribution in [2.24, 2.45) is 11.8 Å². The first-order valence-corrected chi connectivity index (χ1v) is 11.4. The number of nitrogens with one attached hydrogen (secondary N) is 2. The van der Waals surface area contributed by atoms with Crippen molar-refractivity contribution >= 4 is 17.7 Å². The molecule has 1 aromatic rings. The molecule has 0 aromatic heterocycles. The molecule has 0 radical (unpaired) electrons. The summed E-state index contributed by atoms with van der Waals surface area (Å²) in [7, 11) is 1.57. The van der Waals surface area contributed by atoms with E-state index in [1.54, 1.807) is 36.3 Å². The molecule has 1 aliphatic rings. The summed E-state index contributed by atoms with van der Waals surface area (Å²) in [6, 6.07) is 6.20. The van der Waals surface area contributed by atoms with Gasteiger partial charge in [0.1, 0.15) is 11.8 Å². The maximum absolute atomic E-state index is 13.1. The molecular weight excluding hydrogens is 394 g/mol. The zero-order chi connectivity index (χ0) is 22.8. The average Bonchev–Trinajstić information content (AvgIpc) is 2.79. The Labute approximate surface area is 185 Å². The molecule has 1 saturated heterocycles. The van der Waals surface area contributed by atoms with Crippen LogP contribution >= 0.6 is 0 Å². The van der Waals surface area contributed by atoms with Crippen LogP contribution in [0.2, 0.25) is 0 Å². The van der Waals surface area contributed by atoms with E-state index in [2.05, 4.69) is 17.6 Å². The molecule has 3 amide bonds. The maximum Gasteiger partial charge on any atom is 0.251 e. The minimum Gasteiger partial charge on any atom is -0.497 e. The van der Waals surface area contributed by atoms with Crippen LogP contribution in [-0.4, -0.2) is 55.4 Å². The first-order chi connectivity index (χ1) is 14.9. The van der Waals surface area contributed by atoms with E-state index in [0.29, 0.717) is 37.2 Å². The molecule has 2 rings (SSSR count). The highest BCUT2D eigenvalue weighted by atomic mass is 16.5. The van der Waals surface area contributed by atoms with Crippen LogP contribution in [-0.2, 0) is 9.59 Å². The van der Waals surface area contributed by atoms with E-state index >= 15 is 0 Å². The summed E-state index contributed by atoms with van der Waals surface area (Å²) in [5, 5.41) is 5.91. The summed E-state index contributed by atoms with van der Waals surface area (Å²) < 4.78 is 5.12. The molecule has 1 heterocycles. The summed E-state index contributed by atoms with van der Waals surface area (Å²) in [5.41, 5.74) is 0.484. The second-order valence-corrected chi connectivity index (χ2v) is 8.52. The van der Waals surface area contributed by atoms with Crippen LogP contribution in [0.15, 0.2) is 24.3 Å². The van der Waals surface area contributed by atoms with Gasteiger partial charge in [-0.3, -0.25) is 14.4 Å². The molecular formula is C24H37N3O4. The monoisotopic (exact) mass is 431 g/mol. The summed E-state index contributed by atoms with van der Waals surface area (Å²) in [4.78, 5) is 39.9. The van der Waals surface area contributed by atoms with Gasteiger partial charge in [-0.2, -0.15) is 0 Å². The summed E-state index contributed by atoms with van der Waals surface area (Å²) in [6.45, 7) is 7.78. The van der Waals surface area contributed by atoms with Crippen molar-refractivity contribution < 1.29 is 19.1 Å². The highest BCUT2D eigenvalue weighted by Crippen LogP contribution is 2.20. The number of likely N-dealkylation sites (tertiary alicyclic amines) is 1. The van der Waals surface area contributed by atoms with E-state index in [9.17, 15) is 14.4 Å². The van der Waals surface area contributed by atoms with E-state index in [0.717, 1.165) is 25.8 Å². The Bertz CT molecular complexity index is 725. The number of rotatable bonds is 10. The molecule has 0 bridgehead atoms. The van der Waals surface area contributed by atoms with Crippen molar-refractivity contribution in [3.63, 3.8) is 0 Å². The minimum atomic E-state index is -0.603. The van der Waals surface area contributed by atoms with Crippen LogP contribution in [0.5, 0.6) is 5.75 Å². The van der Waals surface area contributed by atoms with Crippen molar-refractivity contribution in [1.82, 2.24) is 15.5 Å². The minimum absolute atomic E-state index is 0.0444. The second kappa shape index (κ2) is 12.3. The van der Waals surface area contributed by atoms with Gasteiger partial charge >= 0.3 is 0 Å². The standard InChI is InChI=1S/C24H37N3O4/c1-5-6-7-14-25-22(28)19-12-15-27(16-13-19)24(30)21(17(2)3)26-23(29)18-8-10-20(31-4)11-9-18/h8-11,17,19,21H,5-7,12-16H2,1-4H3,(H,25,28)(H,26,29). The molecule has 0 saturated carbocycles. The smallest absolute Gasteiger partial charge is 0.251 e. The van der Waals surface area contributed by atoms with Gasteiger partial charge in [0.25, 0.3) is 5.91 Å². The number of nitrogens with zero attached hydrogens (tertiary/aromatic N) is 1. The third kappa shape index (κ3) is 7.26. The fraction of sp³-hybridized carbons (Fsp3) is 0.625. The topological polar surface area (TPSA) is 87.7 Å². The quantitative estimate of drug-likeness (QED) is 0.558. The van der Waals surface area contributed by atoms with Gasteiger partial charge in [0.15, 0.2) is 0 Å². The second-order valence-electron chi connectivity index (χ2n) is 8.52. The van der Waals surface area contributed by atoms with Crippen LogP contribution in [0.1, 0.15) is 63.2 Å². The number of carbonyl (C=O) groups is 3. The van der Waals surface area contributed by atoms with E-state index in [-0.39, 0.29) is 29.6 Å². The lowest BCUT2D eigenvalue weighted by Crippen LogP contribution is -2.53. The van der Waals surface area contributed by atoms with Crippen molar-refractivity contribution in [2.75, 3.05) is 26.7 Å². The third-order valence-electron chi connectivity index (χ3n) is 5.83. The van der Waals surface area contributed by atoms with Gasteiger partial charge in [0.2, 0.25) is 11.8 Å². The number of benzene rings is 1. The maximum atomic E-state index is 13.1. The van der Waals surface area contributed by atoms with Crippen molar-refractivity contribution in [1.29, 1.82) is 0 Å². The van der Waals surface area contributed by atoms with E-state index < -0.39 is 6.04 Å². The highest BCUT2D eigenvalue weighted by Gasteiger charge is 2.33. The molecule has 1 atom stereocenters. The zero-order valence-electron chi connectivity index (χ0n) is 19.3. The molecule has 1 aromatic carbocycles. The van der Waals surface area contributed by atoms with E-state index in [4.69, 9.17) is 4.74 Å². The molecule has 7 heteroatoms. The Balaban J connectivity index is 1.89. The Morgan fingerprint density at radius 3 is 2.29 bits per heavy atom. The summed E-state index contributed by atoms with van der Waals surface area (Å²) in [5.74, 6) is 0.308. The molecule has 1 aliphatic heterocycles. The van der Waals surface area contributed by atoms with Crippen molar-refractivity contribution in [2.45, 2.75) is 58.9 Å². The number of ether oxygens (including phenoxy) is 1. The fourth-order valence-corrected chi connectivity index (χ4v) is 3.77. The van der Waals surface area contributed by atoms with Gasteiger partial charge in [-0.1, -0.05) is 33.6 Å². The highest BCUT2D eigenvalue weighted by molar-refractivity contribution is 5.97. The van der Waals surface area contributed by atoms with Crippen molar-refractivity contribution in [3.05, 3.63) is 29.8 Å². The zero-order valence-corrected chi connectivity index (χ0v) is 19.3. The number of hydrogen-bond acceptors (Lipinski definition) is 4. The average molecular weight is 432 g/mol. The summed E-state index contributed by atoms with van der Waals surface area (Å²) >= 11 is 0. The first kappa shape index (κ1) is 24.7. The Kier molecular flexibility index (Phi) is 9.82. The van der Waals surface area contributed by atoms with Gasteiger partial charge in [-0.25, -0.2) is 0 Å². The molecule has 0 spiro atoms. The van der Waals surface area contributed by atoms with Crippen molar-refractivity contribution in [3.8, 4) is 5.75 Å². The van der Waals surface area contributed by atoms with Gasteiger partial charge in [-0.15, -0.1) is 0 Å². The van der Waals surface area contributed by atoms with Gasteiger partial charge < -0.3 is 20.3 Å². The predicted molar refractivity (Wildman–Crippen MR) is 121 cm³/mol.